The lowest BCUT2D eigenvalue weighted by molar-refractivity contribution is -0.136. The Kier molecular flexibility index (Phi) is 6.25. The lowest BCUT2D eigenvalue weighted by atomic mass is 9.79. The highest BCUT2D eigenvalue weighted by Crippen LogP contribution is 2.38. The Labute approximate surface area is 190 Å². The zero-order chi connectivity index (χ0) is 23.2. The van der Waals surface area contributed by atoms with Crippen LogP contribution in [0.1, 0.15) is 50.1 Å². The Hall–Kier alpha value is -1.92. The van der Waals surface area contributed by atoms with Crippen LogP contribution < -0.4 is 22.0 Å². The Balaban J connectivity index is 1.42. The van der Waals surface area contributed by atoms with Gasteiger partial charge in [0.1, 0.15) is 0 Å². The molecule has 5 rings (SSSR count). The molecule has 182 valence electrons. The topological polar surface area (TPSA) is 69.0 Å². The van der Waals surface area contributed by atoms with Gasteiger partial charge in [-0.1, -0.05) is 6.42 Å². The van der Waals surface area contributed by atoms with Crippen LogP contribution in [0.5, 0.6) is 0 Å². The smallest absolute Gasteiger partial charge is 0.295 e. The minimum atomic E-state index is -4.50. The van der Waals surface area contributed by atoms with Gasteiger partial charge in [0.25, 0.3) is 0 Å². The van der Waals surface area contributed by atoms with E-state index in [0.29, 0.717) is 5.92 Å². The normalized spacial score (nSPS) is 28.7. The first-order valence-corrected chi connectivity index (χ1v) is 11.8. The highest BCUT2D eigenvalue weighted by Gasteiger charge is 2.38. The lowest BCUT2D eigenvalue weighted by Gasteiger charge is -2.40. The number of nitrogens with one attached hydrogen (secondary N) is 3. The van der Waals surface area contributed by atoms with Gasteiger partial charge in [0.15, 0.2) is 0 Å². The maximum Gasteiger partial charge on any atom is 0.418 e. The van der Waals surface area contributed by atoms with Crippen LogP contribution in [-0.4, -0.2) is 57.9 Å². The molecule has 11 heteroatoms. The number of fused-ring (bicyclic) bond motifs is 1. The van der Waals surface area contributed by atoms with E-state index in [9.17, 15) is 18.0 Å². The number of pyridine rings is 1. The summed E-state index contributed by atoms with van der Waals surface area (Å²) in [6.07, 6.45) is 4.18. The fourth-order valence-corrected chi connectivity index (χ4v) is 5.82. The Morgan fingerprint density at radius 3 is 2.79 bits per heavy atom. The number of halogens is 3. The van der Waals surface area contributed by atoms with Gasteiger partial charge in [0.2, 0.25) is 0 Å². The van der Waals surface area contributed by atoms with Gasteiger partial charge in [-0.25, -0.2) is 20.7 Å². The van der Waals surface area contributed by atoms with E-state index >= 15 is 0 Å². The molecule has 33 heavy (non-hydrogen) atoms. The molecule has 3 aliphatic rings. The molecular weight excluding hydrogens is 435 g/mol. The third-order valence-electron chi connectivity index (χ3n) is 7.54. The second-order valence-corrected chi connectivity index (χ2v) is 9.58. The Morgan fingerprint density at radius 2 is 2.09 bits per heavy atom. The quantitative estimate of drug-likeness (QED) is 0.626. The standard InChI is InChI=1S/C22H32F3N7O/c1-29-14-26-28-20(29)12-18(32-10-4-8-27-32)15-5-2-6-16(11-15)31-13-19-17(22(23,24)25)7-3-9-30(19)21(31)33/h3,7,9,13,15-16,18,20,26-28H,2,4-6,8,10-12,14H2,1H3. The van der Waals surface area contributed by atoms with Gasteiger partial charge in [-0.3, -0.25) is 19.3 Å². The molecular formula is C22H32F3N7O. The molecule has 8 nitrogen and oxygen atoms in total. The van der Waals surface area contributed by atoms with Crippen molar-refractivity contribution in [3.05, 3.63) is 40.6 Å². The van der Waals surface area contributed by atoms with Crippen molar-refractivity contribution in [3.8, 4) is 0 Å². The van der Waals surface area contributed by atoms with Crippen molar-refractivity contribution in [1.29, 1.82) is 0 Å². The van der Waals surface area contributed by atoms with E-state index in [4.69, 9.17) is 0 Å². The largest absolute Gasteiger partial charge is 0.418 e. The fraction of sp³-hybridized carbons (Fsp3) is 0.682. The summed E-state index contributed by atoms with van der Waals surface area (Å²) >= 11 is 0. The predicted molar refractivity (Wildman–Crippen MR) is 118 cm³/mol. The summed E-state index contributed by atoms with van der Waals surface area (Å²) in [5.41, 5.74) is 8.83. The maximum atomic E-state index is 13.5. The van der Waals surface area contributed by atoms with E-state index < -0.39 is 11.7 Å². The number of hydrazine groups is 2. The van der Waals surface area contributed by atoms with Gasteiger partial charge in [0.05, 0.1) is 23.9 Å². The molecule has 0 amide bonds. The van der Waals surface area contributed by atoms with Crippen molar-refractivity contribution >= 4 is 5.52 Å². The first kappa shape index (κ1) is 22.9. The van der Waals surface area contributed by atoms with E-state index in [1.807, 2.05) is 0 Å². The van der Waals surface area contributed by atoms with Crippen molar-refractivity contribution in [2.75, 3.05) is 26.8 Å². The van der Waals surface area contributed by atoms with E-state index in [-0.39, 0.29) is 29.5 Å². The minimum absolute atomic E-state index is 0.0715. The molecule has 4 heterocycles. The molecule has 0 bridgehead atoms. The molecule has 1 saturated carbocycles. The summed E-state index contributed by atoms with van der Waals surface area (Å²) in [7, 11) is 2.08. The molecule has 0 aromatic carbocycles. The number of rotatable bonds is 5. The molecule has 2 aliphatic heterocycles. The van der Waals surface area contributed by atoms with Crippen LogP contribution in [0.3, 0.4) is 0 Å². The molecule has 3 N–H and O–H groups in total. The van der Waals surface area contributed by atoms with Crippen LogP contribution >= 0.6 is 0 Å². The minimum Gasteiger partial charge on any atom is -0.295 e. The summed E-state index contributed by atoms with van der Waals surface area (Å²) < 4.78 is 43.2. The van der Waals surface area contributed by atoms with Gasteiger partial charge in [-0.2, -0.15) is 13.2 Å². The van der Waals surface area contributed by atoms with Crippen LogP contribution in [0.25, 0.3) is 5.52 Å². The molecule has 1 aliphatic carbocycles. The second kappa shape index (κ2) is 9.03. The highest BCUT2D eigenvalue weighted by molar-refractivity contribution is 5.55. The number of alkyl halides is 3. The number of imidazole rings is 1. The number of hydrogen-bond donors (Lipinski definition) is 3. The van der Waals surface area contributed by atoms with Gasteiger partial charge < -0.3 is 0 Å². The van der Waals surface area contributed by atoms with Crippen LogP contribution in [0.15, 0.2) is 29.3 Å². The van der Waals surface area contributed by atoms with Gasteiger partial charge in [-0.05, 0) is 57.2 Å². The van der Waals surface area contributed by atoms with Crippen LogP contribution in [0.2, 0.25) is 0 Å². The molecule has 0 spiro atoms. The number of aromatic nitrogens is 2. The summed E-state index contributed by atoms with van der Waals surface area (Å²) in [5, 5.41) is 2.35. The first-order chi connectivity index (χ1) is 15.8. The second-order valence-electron chi connectivity index (χ2n) is 9.58. The monoisotopic (exact) mass is 467 g/mol. The van der Waals surface area contributed by atoms with Crippen molar-refractivity contribution in [3.63, 3.8) is 0 Å². The van der Waals surface area contributed by atoms with Crippen molar-refractivity contribution in [2.45, 2.75) is 63.0 Å². The summed E-state index contributed by atoms with van der Waals surface area (Å²) in [5.74, 6) is 0.349. The van der Waals surface area contributed by atoms with Crippen LogP contribution in [0.4, 0.5) is 13.2 Å². The zero-order valence-corrected chi connectivity index (χ0v) is 18.8. The Morgan fingerprint density at radius 1 is 1.24 bits per heavy atom. The fourth-order valence-electron chi connectivity index (χ4n) is 5.82. The van der Waals surface area contributed by atoms with Gasteiger partial charge >= 0.3 is 11.9 Å². The predicted octanol–water partition coefficient (Wildman–Crippen LogP) is 2.14. The summed E-state index contributed by atoms with van der Waals surface area (Å²) in [6, 6.07) is 2.51. The molecule has 4 unspecified atom stereocenters. The van der Waals surface area contributed by atoms with Gasteiger partial charge in [0, 0.05) is 37.6 Å². The molecule has 2 aromatic heterocycles. The average Bonchev–Trinajstić information content (AvgIpc) is 3.53. The van der Waals surface area contributed by atoms with E-state index in [1.54, 1.807) is 4.57 Å². The van der Waals surface area contributed by atoms with Crippen LogP contribution in [0, 0.1) is 5.92 Å². The third kappa shape index (κ3) is 4.44. The van der Waals surface area contributed by atoms with Crippen molar-refractivity contribution < 1.29 is 13.2 Å². The van der Waals surface area contributed by atoms with Crippen molar-refractivity contribution in [1.82, 2.24) is 35.2 Å². The van der Waals surface area contributed by atoms with E-state index in [0.717, 1.165) is 68.8 Å². The summed E-state index contributed by atoms with van der Waals surface area (Å²) in [6.45, 7) is 2.73. The van der Waals surface area contributed by atoms with E-state index in [1.165, 1.54) is 18.5 Å². The van der Waals surface area contributed by atoms with E-state index in [2.05, 4.69) is 33.2 Å². The maximum absolute atomic E-state index is 13.5. The highest BCUT2D eigenvalue weighted by atomic mass is 19.4. The third-order valence-corrected chi connectivity index (χ3v) is 7.54. The lowest BCUT2D eigenvalue weighted by Crippen LogP contribution is -2.51. The molecule has 0 radical (unpaired) electrons. The van der Waals surface area contributed by atoms with Gasteiger partial charge in [-0.15, -0.1) is 0 Å². The average molecular weight is 468 g/mol. The summed E-state index contributed by atoms with van der Waals surface area (Å²) in [4.78, 5) is 15.3. The molecule has 2 aromatic rings. The first-order valence-electron chi connectivity index (χ1n) is 11.8. The number of hydrogen-bond acceptors (Lipinski definition) is 6. The zero-order valence-electron chi connectivity index (χ0n) is 18.8. The molecule has 4 atom stereocenters. The SMILES string of the molecule is CN1CNNC1CC(C1CCCC(n2cc3c(C(F)(F)F)cccn3c2=O)C1)N1CCCN1. The Bertz CT molecular complexity index is 1030. The number of nitrogens with zero attached hydrogens (tertiary/aromatic N) is 4. The van der Waals surface area contributed by atoms with Crippen LogP contribution in [-0.2, 0) is 6.18 Å². The molecule has 3 fully saturated rings. The molecule has 2 saturated heterocycles. The van der Waals surface area contributed by atoms with Crippen molar-refractivity contribution in [2.24, 2.45) is 5.92 Å².